The number of carbonyl (C=O) groups is 1. The average Bonchev–Trinajstić information content (AvgIpc) is 2.87. The molecule has 0 fully saturated rings. The van der Waals surface area contributed by atoms with Gasteiger partial charge in [0.25, 0.3) is 0 Å². The van der Waals surface area contributed by atoms with Gasteiger partial charge in [0, 0.05) is 4.90 Å². The van der Waals surface area contributed by atoms with Crippen molar-refractivity contribution in [2.24, 2.45) is 4.99 Å². The number of ether oxygens (including phenoxy) is 1. The van der Waals surface area contributed by atoms with E-state index in [0.29, 0.717) is 12.2 Å². The normalized spacial score (nSPS) is 21.2. The highest BCUT2D eigenvalue weighted by molar-refractivity contribution is 8.13. The molecule has 1 aromatic rings. The number of thioether (sulfide) groups is 2. The van der Waals surface area contributed by atoms with E-state index >= 15 is 0 Å². The summed E-state index contributed by atoms with van der Waals surface area (Å²) >= 11 is 3.20. The molecule has 0 unspecified atom stereocenters. The maximum absolute atomic E-state index is 12.0. The van der Waals surface area contributed by atoms with E-state index in [0.717, 1.165) is 21.3 Å². The highest BCUT2D eigenvalue weighted by Crippen LogP contribution is 2.38. The molecule has 1 aromatic carbocycles. The molecule has 6 heteroatoms. The number of nitrogens with zero attached hydrogens (tertiary/aromatic N) is 1. The molecule has 0 radical (unpaired) electrons. The van der Waals surface area contributed by atoms with Crippen LogP contribution in [0.1, 0.15) is 11.6 Å². The molecular formula is C14H14N2O2S2. The van der Waals surface area contributed by atoms with Crippen molar-refractivity contribution >= 4 is 34.7 Å². The number of hydrogen-bond acceptors (Lipinski definition) is 6. The van der Waals surface area contributed by atoms with Gasteiger partial charge >= 0.3 is 5.97 Å². The fourth-order valence-electron chi connectivity index (χ4n) is 2.36. The first kappa shape index (κ1) is 13.6. The number of amidine groups is 1. The van der Waals surface area contributed by atoms with Gasteiger partial charge in [-0.25, -0.2) is 9.79 Å². The molecule has 0 aliphatic carbocycles. The predicted molar refractivity (Wildman–Crippen MR) is 83.0 cm³/mol. The minimum Gasteiger partial charge on any atom is -0.456 e. The first-order valence-corrected chi connectivity index (χ1v) is 8.61. The van der Waals surface area contributed by atoms with E-state index < -0.39 is 0 Å². The Kier molecular flexibility index (Phi) is 3.76. The van der Waals surface area contributed by atoms with Crippen molar-refractivity contribution in [1.29, 1.82) is 0 Å². The van der Waals surface area contributed by atoms with E-state index in [4.69, 9.17) is 4.74 Å². The van der Waals surface area contributed by atoms with Crippen LogP contribution < -0.4 is 5.32 Å². The van der Waals surface area contributed by atoms with Gasteiger partial charge in [-0.3, -0.25) is 0 Å². The van der Waals surface area contributed by atoms with Crippen LogP contribution in [-0.4, -0.2) is 30.3 Å². The number of nitrogens with one attached hydrogen (secondary N) is 1. The number of cyclic esters (lactones) is 1. The molecular weight excluding hydrogens is 292 g/mol. The van der Waals surface area contributed by atoms with Gasteiger partial charge in [0.15, 0.2) is 5.17 Å². The summed E-state index contributed by atoms with van der Waals surface area (Å²) in [6.45, 7) is 0.311. The molecule has 1 N–H and O–H groups in total. The van der Waals surface area contributed by atoms with Crippen molar-refractivity contribution in [2.75, 3.05) is 19.1 Å². The van der Waals surface area contributed by atoms with Crippen LogP contribution in [0.3, 0.4) is 0 Å². The zero-order valence-electron chi connectivity index (χ0n) is 11.2. The van der Waals surface area contributed by atoms with E-state index in [1.54, 1.807) is 11.8 Å². The van der Waals surface area contributed by atoms with Gasteiger partial charge in [0.2, 0.25) is 0 Å². The molecule has 2 aliphatic rings. The average molecular weight is 306 g/mol. The van der Waals surface area contributed by atoms with Crippen molar-refractivity contribution in [3.63, 3.8) is 0 Å². The Labute approximate surface area is 126 Å². The van der Waals surface area contributed by atoms with Crippen LogP contribution in [0.25, 0.3) is 0 Å². The lowest BCUT2D eigenvalue weighted by molar-refractivity contribution is -0.136. The molecule has 0 saturated heterocycles. The van der Waals surface area contributed by atoms with Crippen molar-refractivity contribution in [3.05, 3.63) is 41.1 Å². The lowest BCUT2D eigenvalue weighted by Crippen LogP contribution is -2.28. The molecule has 0 aromatic heterocycles. The molecule has 104 valence electrons. The second kappa shape index (κ2) is 5.54. The van der Waals surface area contributed by atoms with Gasteiger partial charge in [-0.1, -0.05) is 30.0 Å². The van der Waals surface area contributed by atoms with E-state index in [9.17, 15) is 4.79 Å². The number of benzene rings is 1. The highest BCUT2D eigenvalue weighted by Gasteiger charge is 2.36. The summed E-state index contributed by atoms with van der Waals surface area (Å²) in [7, 11) is 0. The summed E-state index contributed by atoms with van der Waals surface area (Å²) in [5.41, 5.74) is 2.54. The van der Waals surface area contributed by atoms with Gasteiger partial charge in [-0.2, -0.15) is 0 Å². The molecule has 0 spiro atoms. The Morgan fingerprint density at radius 2 is 2.10 bits per heavy atom. The number of hydrogen-bond donors (Lipinski definition) is 1. The third kappa shape index (κ3) is 2.23. The third-order valence-corrected chi connectivity index (χ3v) is 4.70. The molecule has 1 atom stereocenters. The first-order valence-electron chi connectivity index (χ1n) is 6.16. The van der Waals surface area contributed by atoms with E-state index in [2.05, 4.69) is 16.4 Å². The number of rotatable bonds is 2. The van der Waals surface area contributed by atoms with Crippen LogP contribution in [-0.2, 0) is 9.53 Å². The van der Waals surface area contributed by atoms with Crippen molar-refractivity contribution in [1.82, 2.24) is 5.32 Å². The van der Waals surface area contributed by atoms with Crippen LogP contribution in [0.5, 0.6) is 0 Å². The zero-order valence-corrected chi connectivity index (χ0v) is 12.8. The van der Waals surface area contributed by atoms with Gasteiger partial charge in [-0.15, -0.1) is 11.8 Å². The quantitative estimate of drug-likeness (QED) is 0.672. The molecule has 20 heavy (non-hydrogen) atoms. The Morgan fingerprint density at radius 3 is 2.85 bits per heavy atom. The molecule has 0 saturated carbocycles. The van der Waals surface area contributed by atoms with Crippen LogP contribution in [0.15, 0.2) is 45.4 Å². The summed E-state index contributed by atoms with van der Waals surface area (Å²) in [6, 6.07) is 7.78. The standard InChI is InChI=1S/C14H14N2O2S2/c1-19-10-6-4-3-5-8(10)12-11-9(7-18-13(11)17)15-14(16-12)20-2/h3-6,12H,7H2,1-2H3,(H,15,16)/t12-/m1/s1. The Balaban J connectivity index is 2.11. The lowest BCUT2D eigenvalue weighted by Gasteiger charge is -2.22. The van der Waals surface area contributed by atoms with E-state index in [1.165, 1.54) is 11.8 Å². The Morgan fingerprint density at radius 1 is 1.30 bits per heavy atom. The summed E-state index contributed by atoms with van der Waals surface area (Å²) in [5.74, 6) is -0.266. The lowest BCUT2D eigenvalue weighted by atomic mass is 9.97. The molecule has 2 heterocycles. The Bertz CT molecular complexity index is 625. The summed E-state index contributed by atoms with van der Waals surface area (Å²) in [5, 5.41) is 3.99. The monoisotopic (exact) mass is 306 g/mol. The van der Waals surface area contributed by atoms with Crippen molar-refractivity contribution in [3.8, 4) is 0 Å². The fraction of sp³-hybridized carbons (Fsp3) is 0.286. The largest absolute Gasteiger partial charge is 0.456 e. The number of carbonyl (C=O) groups excluding carboxylic acids is 1. The van der Waals surface area contributed by atoms with Crippen molar-refractivity contribution in [2.45, 2.75) is 10.9 Å². The van der Waals surface area contributed by atoms with Gasteiger partial charge in [0.1, 0.15) is 12.6 Å². The maximum atomic E-state index is 12.0. The highest BCUT2D eigenvalue weighted by atomic mass is 32.2. The van der Waals surface area contributed by atoms with E-state index in [1.807, 2.05) is 30.7 Å². The van der Waals surface area contributed by atoms with Crippen LogP contribution >= 0.6 is 23.5 Å². The summed E-state index contributed by atoms with van der Waals surface area (Å²) in [4.78, 5) is 17.8. The topological polar surface area (TPSA) is 50.7 Å². The third-order valence-electron chi connectivity index (χ3n) is 3.30. The summed E-state index contributed by atoms with van der Waals surface area (Å²) in [6.07, 6.45) is 3.99. The molecule has 2 aliphatic heterocycles. The second-order valence-electron chi connectivity index (χ2n) is 4.38. The van der Waals surface area contributed by atoms with Crippen molar-refractivity contribution < 1.29 is 9.53 Å². The molecule has 0 bridgehead atoms. The Hall–Kier alpha value is -1.40. The molecule has 3 rings (SSSR count). The van der Waals surface area contributed by atoms with Gasteiger partial charge in [0.05, 0.1) is 11.3 Å². The first-order chi connectivity index (χ1) is 9.74. The van der Waals surface area contributed by atoms with Gasteiger partial charge in [-0.05, 0) is 24.1 Å². The number of esters is 1. The minimum absolute atomic E-state index is 0.266. The predicted octanol–water partition coefficient (Wildman–Crippen LogP) is 2.58. The number of aliphatic imine (C=N–C) groups is 1. The van der Waals surface area contributed by atoms with E-state index in [-0.39, 0.29) is 12.0 Å². The SMILES string of the molecule is CSC1=N[C@H](c2ccccc2SC)C2=C(COC2=O)N1. The van der Waals surface area contributed by atoms with Crippen LogP contribution in [0.4, 0.5) is 0 Å². The molecule has 4 nitrogen and oxygen atoms in total. The maximum Gasteiger partial charge on any atom is 0.338 e. The summed E-state index contributed by atoms with van der Waals surface area (Å²) < 4.78 is 5.15. The van der Waals surface area contributed by atoms with Gasteiger partial charge < -0.3 is 10.1 Å². The zero-order chi connectivity index (χ0) is 14.1. The molecule has 0 amide bonds. The van der Waals surface area contributed by atoms with Crippen LogP contribution in [0.2, 0.25) is 0 Å². The second-order valence-corrected chi connectivity index (χ2v) is 6.02. The van der Waals surface area contributed by atoms with Crippen LogP contribution in [0, 0.1) is 0 Å². The minimum atomic E-state index is -0.271. The fourth-order valence-corrected chi connectivity index (χ4v) is 3.43. The smallest absolute Gasteiger partial charge is 0.338 e.